The molecule has 34 heavy (non-hydrogen) atoms. The lowest BCUT2D eigenvalue weighted by Crippen LogP contribution is -1.90. The molecule has 2 aromatic carbocycles. The zero-order valence-electron chi connectivity index (χ0n) is 17.3. The molecule has 0 amide bonds. The van der Waals surface area contributed by atoms with Crippen LogP contribution in [0.3, 0.4) is 0 Å². The summed E-state index contributed by atoms with van der Waals surface area (Å²) in [6.45, 7) is 0. The zero-order valence-corrected chi connectivity index (χ0v) is 17.3. The summed E-state index contributed by atoms with van der Waals surface area (Å²) in [5.74, 6) is 0.437. The third kappa shape index (κ3) is 3.13. The Kier molecular flexibility index (Phi) is 4.81. The maximum atomic E-state index is 9.59. The summed E-state index contributed by atoms with van der Waals surface area (Å²) in [7, 11) is 0. The van der Waals surface area contributed by atoms with Crippen molar-refractivity contribution >= 4 is 28.6 Å². The van der Waals surface area contributed by atoms with Crippen molar-refractivity contribution in [2.45, 2.75) is 0 Å². The van der Waals surface area contributed by atoms with Gasteiger partial charge < -0.3 is 8.83 Å². The molecule has 0 radical (unpaired) electrons. The van der Waals surface area contributed by atoms with Crippen molar-refractivity contribution in [2.24, 2.45) is 0 Å². The number of nitriles is 4. The van der Waals surface area contributed by atoms with Gasteiger partial charge in [0, 0.05) is 22.8 Å². The van der Waals surface area contributed by atoms with Crippen molar-refractivity contribution in [1.82, 2.24) is 9.97 Å². The lowest BCUT2D eigenvalue weighted by Gasteiger charge is -2.03. The molecule has 8 heteroatoms. The first kappa shape index (κ1) is 20.2. The van der Waals surface area contributed by atoms with E-state index in [0.29, 0.717) is 33.7 Å². The van der Waals surface area contributed by atoms with Crippen LogP contribution in [0.4, 0.5) is 0 Å². The number of aromatic nitrogens is 2. The molecule has 0 atom stereocenters. The van der Waals surface area contributed by atoms with Crippen molar-refractivity contribution in [1.29, 1.82) is 21.0 Å². The zero-order chi connectivity index (χ0) is 23.7. The molecule has 1 aliphatic carbocycles. The normalized spacial score (nSPS) is 11.8. The highest BCUT2D eigenvalue weighted by Gasteiger charge is 2.32. The van der Waals surface area contributed by atoms with Gasteiger partial charge in [-0.3, -0.25) is 0 Å². The Bertz CT molecular complexity index is 1600. The third-order valence-electron chi connectivity index (χ3n) is 5.23. The van der Waals surface area contributed by atoms with E-state index in [0.717, 1.165) is 5.56 Å². The molecule has 156 valence electrons. The summed E-state index contributed by atoms with van der Waals surface area (Å²) in [6.07, 6.45) is 1.48. The molecule has 8 nitrogen and oxygen atoms in total. The van der Waals surface area contributed by atoms with Gasteiger partial charge in [0.05, 0.1) is 0 Å². The largest absolute Gasteiger partial charge is 0.415 e. The van der Waals surface area contributed by atoms with Gasteiger partial charge in [-0.15, -0.1) is 0 Å². The molecule has 5 rings (SSSR count). The van der Waals surface area contributed by atoms with E-state index in [-0.39, 0.29) is 28.5 Å². The molecule has 2 heterocycles. The number of allylic oxidation sites excluding steroid dienone is 5. The number of fused-ring (bicyclic) bond motifs is 2. The number of rotatable bonds is 2. The molecule has 4 aromatic rings. The fourth-order valence-corrected chi connectivity index (χ4v) is 3.84. The molecule has 0 unspecified atom stereocenters. The fourth-order valence-electron chi connectivity index (χ4n) is 3.84. The molecule has 1 aliphatic rings. The van der Waals surface area contributed by atoms with E-state index in [1.165, 1.54) is 6.08 Å². The molecule has 0 N–H and O–H groups in total. The maximum absolute atomic E-state index is 9.59. The quantitative estimate of drug-likeness (QED) is 0.389. The van der Waals surface area contributed by atoms with Gasteiger partial charge in [0.15, 0.2) is 0 Å². The average Bonchev–Trinajstić information content (AvgIpc) is 3.53. The van der Waals surface area contributed by atoms with Gasteiger partial charge in [-0.25, -0.2) is 0 Å². The minimum Gasteiger partial charge on any atom is -0.415 e. The molecule has 2 aromatic heterocycles. The Morgan fingerprint density at radius 3 is 1.74 bits per heavy atom. The van der Waals surface area contributed by atoms with E-state index in [1.807, 2.05) is 54.6 Å². The summed E-state index contributed by atoms with van der Waals surface area (Å²) < 4.78 is 11.5. The molecular weight excluding hydrogens is 428 g/mol. The van der Waals surface area contributed by atoms with Gasteiger partial charge >= 0.3 is 0 Å². The van der Waals surface area contributed by atoms with Gasteiger partial charge in [0.25, 0.3) is 11.4 Å². The summed E-state index contributed by atoms with van der Waals surface area (Å²) >= 11 is 0. The highest BCUT2D eigenvalue weighted by molar-refractivity contribution is 6.14. The van der Waals surface area contributed by atoms with Crippen molar-refractivity contribution < 1.29 is 8.83 Å². The molecule has 0 fully saturated rings. The van der Waals surface area contributed by atoms with E-state index in [1.54, 1.807) is 24.3 Å². The van der Waals surface area contributed by atoms with Crippen molar-refractivity contribution in [3.8, 4) is 35.7 Å². The van der Waals surface area contributed by atoms with Gasteiger partial charge in [-0.2, -0.15) is 31.0 Å². The summed E-state index contributed by atoms with van der Waals surface area (Å²) in [5, 5.41) is 38.3. The lowest BCUT2D eigenvalue weighted by atomic mass is 9.96. The second-order valence-electron chi connectivity index (χ2n) is 7.10. The number of oxazole rings is 2. The van der Waals surface area contributed by atoms with E-state index >= 15 is 0 Å². The van der Waals surface area contributed by atoms with Crippen LogP contribution < -0.4 is 0 Å². The maximum Gasteiger partial charge on any atom is 0.288 e. The minimum absolute atomic E-state index is 0.0872. The molecular formula is C26H10N6O2. The molecule has 0 bridgehead atoms. The van der Waals surface area contributed by atoms with Crippen LogP contribution in [0.1, 0.15) is 17.0 Å². The van der Waals surface area contributed by atoms with E-state index < -0.39 is 0 Å². The smallest absolute Gasteiger partial charge is 0.288 e. The Hall–Kier alpha value is -5.70. The summed E-state index contributed by atoms with van der Waals surface area (Å²) in [4.78, 5) is 8.66. The molecule has 0 saturated heterocycles. The average molecular weight is 438 g/mol. The lowest BCUT2D eigenvalue weighted by molar-refractivity contribution is 0.573. The predicted octanol–water partition coefficient (Wildman–Crippen LogP) is 5.18. The molecule has 0 spiro atoms. The SMILES string of the molecule is N#CC(C#N)=C1C(=Cc2nc3oc(-c4ccccc4)nc3o2)C(=C(C#N)C#N)c2ccccc21. The topological polar surface area (TPSA) is 147 Å². The van der Waals surface area contributed by atoms with E-state index in [9.17, 15) is 21.0 Å². The van der Waals surface area contributed by atoms with Crippen LogP contribution in [-0.4, -0.2) is 9.97 Å². The molecule has 0 saturated carbocycles. The summed E-state index contributed by atoms with van der Waals surface area (Å²) in [6, 6.07) is 23.8. The first-order chi connectivity index (χ1) is 16.7. The van der Waals surface area contributed by atoms with Crippen molar-refractivity contribution in [3.63, 3.8) is 0 Å². The number of benzene rings is 2. The van der Waals surface area contributed by atoms with Crippen LogP contribution in [0.2, 0.25) is 0 Å². The first-order valence-corrected chi connectivity index (χ1v) is 9.92. The van der Waals surface area contributed by atoms with Gasteiger partial charge in [-0.1, -0.05) is 42.5 Å². The standard InChI is InChI=1S/C26H10N6O2/c27-11-16(12-28)22-18-8-4-5-9-19(18)23(17(13-29)14-30)20(22)10-21-31-25-26(33-21)32-24(34-25)15-6-2-1-3-7-15/h1-10H. The van der Waals surface area contributed by atoms with Crippen LogP contribution in [0.15, 0.2) is 80.2 Å². The van der Waals surface area contributed by atoms with Gasteiger partial charge in [0.1, 0.15) is 35.4 Å². The van der Waals surface area contributed by atoms with E-state index in [4.69, 9.17) is 8.83 Å². The van der Waals surface area contributed by atoms with Crippen molar-refractivity contribution in [2.75, 3.05) is 0 Å². The van der Waals surface area contributed by atoms with Gasteiger partial charge in [0.2, 0.25) is 11.8 Å². The second-order valence-corrected chi connectivity index (χ2v) is 7.10. The summed E-state index contributed by atoms with van der Waals surface area (Å²) in [5.41, 5.74) is 2.79. The monoisotopic (exact) mass is 438 g/mol. The van der Waals surface area contributed by atoms with Crippen LogP contribution >= 0.6 is 0 Å². The Morgan fingerprint density at radius 1 is 0.676 bits per heavy atom. The molecule has 0 aliphatic heterocycles. The highest BCUT2D eigenvalue weighted by atomic mass is 16.4. The Balaban J connectivity index is 1.73. The van der Waals surface area contributed by atoms with Crippen LogP contribution in [0, 0.1) is 45.3 Å². The highest BCUT2D eigenvalue weighted by Crippen LogP contribution is 2.48. The fraction of sp³-hybridized carbons (Fsp3) is 0. The number of hydrogen-bond acceptors (Lipinski definition) is 8. The minimum atomic E-state index is -0.163. The van der Waals surface area contributed by atoms with Crippen LogP contribution in [-0.2, 0) is 0 Å². The predicted molar refractivity (Wildman–Crippen MR) is 120 cm³/mol. The first-order valence-electron chi connectivity index (χ1n) is 9.92. The van der Waals surface area contributed by atoms with Crippen molar-refractivity contribution in [3.05, 3.63) is 88.3 Å². The Morgan fingerprint density at radius 2 is 1.21 bits per heavy atom. The number of hydrogen-bond donors (Lipinski definition) is 0. The number of nitrogens with zero attached hydrogens (tertiary/aromatic N) is 6. The van der Waals surface area contributed by atoms with E-state index in [2.05, 4.69) is 9.97 Å². The van der Waals surface area contributed by atoms with Gasteiger partial charge in [-0.05, 0) is 28.8 Å². The second kappa shape index (κ2) is 8.09. The van der Waals surface area contributed by atoms with Crippen LogP contribution in [0.5, 0.6) is 0 Å². The van der Waals surface area contributed by atoms with Crippen LogP contribution in [0.25, 0.3) is 40.1 Å². The Labute approximate surface area is 192 Å². The third-order valence-corrected chi connectivity index (χ3v) is 5.23.